The van der Waals surface area contributed by atoms with E-state index in [1.807, 2.05) is 42.5 Å². The van der Waals surface area contributed by atoms with E-state index in [0.717, 1.165) is 11.1 Å². The summed E-state index contributed by atoms with van der Waals surface area (Å²) in [7, 11) is 0. The first kappa shape index (κ1) is 13.8. The van der Waals surface area contributed by atoms with Gasteiger partial charge in [-0.3, -0.25) is 4.79 Å². The predicted octanol–water partition coefficient (Wildman–Crippen LogP) is 1.87. The lowest BCUT2D eigenvalue weighted by Gasteiger charge is -2.12. The molecule has 3 N–H and O–H groups in total. The summed E-state index contributed by atoms with van der Waals surface area (Å²) in [5.74, 6) is -0.222. The second kappa shape index (κ2) is 6.50. The van der Waals surface area contributed by atoms with Gasteiger partial charge in [-0.25, -0.2) is 0 Å². The first-order chi connectivity index (χ1) is 9.70. The zero-order valence-corrected chi connectivity index (χ0v) is 10.9. The van der Waals surface area contributed by atoms with Gasteiger partial charge in [-0.2, -0.15) is 5.26 Å². The van der Waals surface area contributed by atoms with Crippen molar-refractivity contribution in [2.75, 3.05) is 0 Å². The molecule has 0 aliphatic heterocycles. The summed E-state index contributed by atoms with van der Waals surface area (Å²) >= 11 is 0. The number of nitrogens with two attached hydrogens (primary N) is 1. The van der Waals surface area contributed by atoms with Crippen LogP contribution in [0.2, 0.25) is 0 Å². The van der Waals surface area contributed by atoms with Gasteiger partial charge in [0.15, 0.2) is 0 Å². The third-order valence-electron chi connectivity index (χ3n) is 2.99. The average molecular weight is 265 g/mol. The van der Waals surface area contributed by atoms with E-state index in [1.165, 1.54) is 0 Å². The molecule has 0 fully saturated rings. The Morgan fingerprint density at radius 1 is 1.15 bits per heavy atom. The maximum atomic E-state index is 12.0. The number of carbonyl (C=O) groups excluding carboxylic acids is 1. The molecule has 0 heterocycles. The van der Waals surface area contributed by atoms with Crippen LogP contribution in [0.25, 0.3) is 0 Å². The number of rotatable bonds is 4. The molecule has 1 atom stereocenters. The van der Waals surface area contributed by atoms with Crippen molar-refractivity contribution < 1.29 is 4.79 Å². The van der Waals surface area contributed by atoms with Gasteiger partial charge in [-0.05, 0) is 23.3 Å². The predicted molar refractivity (Wildman–Crippen MR) is 76.4 cm³/mol. The van der Waals surface area contributed by atoms with Crippen LogP contribution in [0.15, 0.2) is 54.6 Å². The highest BCUT2D eigenvalue weighted by Crippen LogP contribution is 2.10. The van der Waals surface area contributed by atoms with Crippen molar-refractivity contribution in [1.82, 2.24) is 5.32 Å². The number of carbonyl (C=O) groups is 1. The quantitative estimate of drug-likeness (QED) is 0.885. The summed E-state index contributed by atoms with van der Waals surface area (Å²) in [5, 5.41) is 11.5. The summed E-state index contributed by atoms with van der Waals surface area (Å²) in [6, 6.07) is 17.7. The summed E-state index contributed by atoms with van der Waals surface area (Å²) in [4.78, 5) is 12.0. The summed E-state index contributed by atoms with van der Waals surface area (Å²) in [6.07, 6.45) is 0. The summed E-state index contributed by atoms with van der Waals surface area (Å²) in [5.41, 5.74) is 8.20. The molecule has 2 rings (SSSR count). The van der Waals surface area contributed by atoms with Crippen LogP contribution in [0, 0.1) is 11.3 Å². The van der Waals surface area contributed by atoms with Crippen LogP contribution in [0.1, 0.15) is 22.7 Å². The number of hydrogen-bond acceptors (Lipinski definition) is 3. The number of nitriles is 1. The Kier molecular flexibility index (Phi) is 4.48. The molecule has 2 aromatic carbocycles. The summed E-state index contributed by atoms with van der Waals surface area (Å²) < 4.78 is 0. The molecule has 4 nitrogen and oxygen atoms in total. The third-order valence-corrected chi connectivity index (χ3v) is 2.99. The molecule has 4 heteroatoms. The van der Waals surface area contributed by atoms with Crippen LogP contribution in [-0.4, -0.2) is 5.91 Å². The van der Waals surface area contributed by atoms with Crippen molar-refractivity contribution >= 4 is 5.91 Å². The lowest BCUT2D eigenvalue weighted by molar-refractivity contribution is -0.122. The molecule has 0 saturated carbocycles. The van der Waals surface area contributed by atoms with Gasteiger partial charge in [0.1, 0.15) is 6.04 Å². The zero-order valence-electron chi connectivity index (χ0n) is 10.9. The van der Waals surface area contributed by atoms with Crippen molar-refractivity contribution in [2.24, 2.45) is 5.73 Å². The van der Waals surface area contributed by atoms with E-state index in [2.05, 4.69) is 11.4 Å². The first-order valence-corrected chi connectivity index (χ1v) is 6.28. The van der Waals surface area contributed by atoms with Gasteiger partial charge in [0.2, 0.25) is 5.91 Å². The number of hydrogen-bond donors (Lipinski definition) is 2. The molecular formula is C16H15N3O. The van der Waals surface area contributed by atoms with E-state index in [0.29, 0.717) is 12.1 Å². The van der Waals surface area contributed by atoms with Crippen molar-refractivity contribution in [1.29, 1.82) is 5.26 Å². The Balaban J connectivity index is 1.93. The highest BCUT2D eigenvalue weighted by molar-refractivity contribution is 5.82. The molecule has 0 saturated heterocycles. The molecule has 100 valence electrons. The van der Waals surface area contributed by atoms with E-state index in [4.69, 9.17) is 11.0 Å². The average Bonchev–Trinajstić information content (AvgIpc) is 2.53. The molecule has 0 bridgehead atoms. The van der Waals surface area contributed by atoms with E-state index in [1.54, 1.807) is 12.1 Å². The normalized spacial score (nSPS) is 11.4. The lowest BCUT2D eigenvalue weighted by Crippen LogP contribution is -2.33. The van der Waals surface area contributed by atoms with Crippen molar-refractivity contribution in [3.05, 3.63) is 71.3 Å². The lowest BCUT2D eigenvalue weighted by atomic mass is 10.1. The second-order valence-corrected chi connectivity index (χ2v) is 4.41. The smallest absolute Gasteiger partial charge is 0.241 e. The minimum absolute atomic E-state index is 0.222. The van der Waals surface area contributed by atoms with Crippen LogP contribution in [-0.2, 0) is 11.3 Å². The Bertz CT molecular complexity index is 614. The van der Waals surface area contributed by atoms with Gasteiger partial charge in [0.25, 0.3) is 0 Å². The van der Waals surface area contributed by atoms with Gasteiger partial charge in [-0.1, -0.05) is 42.5 Å². The third kappa shape index (κ3) is 3.44. The van der Waals surface area contributed by atoms with E-state index in [-0.39, 0.29) is 5.91 Å². The Labute approximate surface area is 117 Å². The molecular weight excluding hydrogens is 250 g/mol. The maximum Gasteiger partial charge on any atom is 0.241 e. The number of nitrogens with one attached hydrogen (secondary N) is 1. The fourth-order valence-electron chi connectivity index (χ4n) is 1.81. The standard InChI is InChI=1S/C16H15N3O/c17-10-12-6-8-13(9-7-12)11-19-16(20)15(18)14-4-2-1-3-5-14/h1-9,15H,11,18H2,(H,19,20)/t15-/m0/s1. The van der Waals surface area contributed by atoms with Crippen molar-refractivity contribution in [3.8, 4) is 6.07 Å². The molecule has 0 aromatic heterocycles. The second-order valence-electron chi connectivity index (χ2n) is 4.41. The van der Waals surface area contributed by atoms with Gasteiger partial charge in [-0.15, -0.1) is 0 Å². The van der Waals surface area contributed by atoms with E-state index < -0.39 is 6.04 Å². The van der Waals surface area contributed by atoms with Gasteiger partial charge >= 0.3 is 0 Å². The molecule has 2 aromatic rings. The van der Waals surface area contributed by atoms with Crippen LogP contribution in [0.3, 0.4) is 0 Å². The van der Waals surface area contributed by atoms with Crippen molar-refractivity contribution in [2.45, 2.75) is 12.6 Å². The molecule has 20 heavy (non-hydrogen) atoms. The van der Waals surface area contributed by atoms with Gasteiger partial charge < -0.3 is 11.1 Å². The summed E-state index contributed by atoms with van der Waals surface area (Å²) in [6.45, 7) is 0.394. The molecule has 0 radical (unpaired) electrons. The Hall–Kier alpha value is -2.64. The first-order valence-electron chi connectivity index (χ1n) is 6.28. The Morgan fingerprint density at radius 2 is 1.80 bits per heavy atom. The fourth-order valence-corrected chi connectivity index (χ4v) is 1.81. The Morgan fingerprint density at radius 3 is 2.40 bits per heavy atom. The highest BCUT2D eigenvalue weighted by atomic mass is 16.2. The largest absolute Gasteiger partial charge is 0.350 e. The van der Waals surface area contributed by atoms with Crippen LogP contribution < -0.4 is 11.1 Å². The zero-order chi connectivity index (χ0) is 14.4. The van der Waals surface area contributed by atoms with Crippen LogP contribution in [0.5, 0.6) is 0 Å². The minimum Gasteiger partial charge on any atom is -0.350 e. The number of amides is 1. The highest BCUT2D eigenvalue weighted by Gasteiger charge is 2.14. The molecule has 0 aliphatic carbocycles. The van der Waals surface area contributed by atoms with Crippen molar-refractivity contribution in [3.63, 3.8) is 0 Å². The molecule has 1 amide bonds. The van der Waals surface area contributed by atoms with Crippen LogP contribution in [0.4, 0.5) is 0 Å². The van der Waals surface area contributed by atoms with Crippen LogP contribution >= 0.6 is 0 Å². The number of nitrogens with zero attached hydrogens (tertiary/aromatic N) is 1. The fraction of sp³-hybridized carbons (Fsp3) is 0.125. The van der Waals surface area contributed by atoms with Gasteiger partial charge in [0, 0.05) is 6.54 Å². The molecule has 0 unspecified atom stereocenters. The van der Waals surface area contributed by atoms with E-state index in [9.17, 15) is 4.79 Å². The topological polar surface area (TPSA) is 78.9 Å². The SMILES string of the molecule is N#Cc1ccc(CNC(=O)[C@@H](N)c2ccccc2)cc1. The molecule has 0 aliphatic rings. The minimum atomic E-state index is -0.672. The molecule has 0 spiro atoms. The number of benzene rings is 2. The van der Waals surface area contributed by atoms with E-state index >= 15 is 0 Å². The maximum absolute atomic E-state index is 12.0. The van der Waals surface area contributed by atoms with Gasteiger partial charge in [0.05, 0.1) is 11.6 Å². The monoisotopic (exact) mass is 265 g/mol.